The summed E-state index contributed by atoms with van der Waals surface area (Å²) in [7, 11) is 1.64. The van der Waals surface area contributed by atoms with Gasteiger partial charge in [-0.05, 0) is 68.5 Å². The van der Waals surface area contributed by atoms with Crippen LogP contribution in [0.25, 0.3) is 0 Å². The number of aliphatic hydroxyl groups excluding tert-OH is 1. The van der Waals surface area contributed by atoms with E-state index in [1.807, 2.05) is 63.2 Å². The van der Waals surface area contributed by atoms with Crippen molar-refractivity contribution in [2.75, 3.05) is 12.4 Å². The molecule has 26 heavy (non-hydrogen) atoms. The highest BCUT2D eigenvalue weighted by Gasteiger charge is 2.16. The molecule has 0 saturated heterocycles. The average Bonchev–Trinajstić information content (AvgIpc) is 2.59. The lowest BCUT2D eigenvalue weighted by Crippen LogP contribution is -2.27. The molecule has 2 rings (SSSR count). The molecule has 0 saturated carbocycles. The first-order valence-corrected chi connectivity index (χ1v) is 8.66. The maximum atomic E-state index is 11.8. The minimum absolute atomic E-state index is 0.00273. The molecule has 5 nitrogen and oxygen atoms in total. The number of aryl methyl sites for hydroxylation is 2. The maximum absolute atomic E-state index is 11.8. The Balaban J connectivity index is 1.94. The van der Waals surface area contributed by atoms with E-state index in [0.717, 1.165) is 35.3 Å². The van der Waals surface area contributed by atoms with Gasteiger partial charge in [0.15, 0.2) is 0 Å². The second-order valence-corrected chi connectivity index (χ2v) is 7.13. The minimum atomic E-state index is -0.519. The van der Waals surface area contributed by atoms with Crippen molar-refractivity contribution in [1.29, 1.82) is 0 Å². The fraction of sp³-hybridized carbons (Fsp3) is 0.381. The topological polar surface area (TPSA) is 67.8 Å². The third-order valence-electron chi connectivity index (χ3n) is 3.82. The van der Waals surface area contributed by atoms with Gasteiger partial charge in [0.2, 0.25) is 0 Å². The number of amides is 1. The summed E-state index contributed by atoms with van der Waals surface area (Å²) in [5, 5.41) is 11.9. The van der Waals surface area contributed by atoms with Crippen molar-refractivity contribution < 1.29 is 19.4 Å². The molecule has 0 aliphatic rings. The number of aliphatic hydroxyl groups is 1. The molecule has 2 aromatic rings. The standard InChI is InChI=1S/C21H27NO4/c1-21(2,3)26-20(24)22-18-11-7-15(8-12-18)5-9-17-10-6-16(14-23)13-19(17)25-4/h6-8,10-13,23H,5,9,14H2,1-4H3,(H,22,24). The normalized spacial score (nSPS) is 11.1. The molecule has 0 radical (unpaired) electrons. The van der Waals surface area contributed by atoms with E-state index in [1.165, 1.54) is 0 Å². The minimum Gasteiger partial charge on any atom is -0.496 e. The SMILES string of the molecule is COc1cc(CO)ccc1CCc1ccc(NC(=O)OC(C)(C)C)cc1. The number of anilines is 1. The zero-order valence-corrected chi connectivity index (χ0v) is 15.8. The Morgan fingerprint density at radius 1 is 1.04 bits per heavy atom. The van der Waals surface area contributed by atoms with Gasteiger partial charge < -0.3 is 14.6 Å². The van der Waals surface area contributed by atoms with Crippen molar-refractivity contribution in [3.05, 3.63) is 59.2 Å². The first-order chi connectivity index (χ1) is 12.3. The lowest BCUT2D eigenvalue weighted by molar-refractivity contribution is 0.0636. The highest BCUT2D eigenvalue weighted by molar-refractivity contribution is 5.84. The van der Waals surface area contributed by atoms with Crippen LogP contribution in [0.2, 0.25) is 0 Å². The smallest absolute Gasteiger partial charge is 0.412 e. The lowest BCUT2D eigenvalue weighted by atomic mass is 10.0. The molecule has 140 valence electrons. The van der Waals surface area contributed by atoms with Crippen LogP contribution in [0.4, 0.5) is 10.5 Å². The van der Waals surface area contributed by atoms with Gasteiger partial charge in [0, 0.05) is 5.69 Å². The van der Waals surface area contributed by atoms with Crippen molar-refractivity contribution in [2.24, 2.45) is 0 Å². The molecule has 0 aromatic heterocycles. The molecule has 2 aromatic carbocycles. The van der Waals surface area contributed by atoms with Gasteiger partial charge in [-0.3, -0.25) is 5.32 Å². The van der Waals surface area contributed by atoms with Crippen molar-refractivity contribution in [2.45, 2.75) is 45.8 Å². The molecule has 1 amide bonds. The fourth-order valence-corrected chi connectivity index (χ4v) is 2.55. The van der Waals surface area contributed by atoms with E-state index < -0.39 is 11.7 Å². The average molecular weight is 357 g/mol. The van der Waals surface area contributed by atoms with Gasteiger partial charge in [-0.2, -0.15) is 0 Å². The number of ether oxygens (including phenoxy) is 2. The molecular weight excluding hydrogens is 330 g/mol. The van der Waals surface area contributed by atoms with Gasteiger partial charge in [-0.25, -0.2) is 4.79 Å². The summed E-state index contributed by atoms with van der Waals surface area (Å²) >= 11 is 0. The van der Waals surface area contributed by atoms with Gasteiger partial charge in [-0.15, -0.1) is 0 Å². The molecule has 0 atom stereocenters. The number of carbonyl (C=O) groups excluding carboxylic acids is 1. The zero-order valence-electron chi connectivity index (χ0n) is 15.8. The molecule has 2 N–H and O–H groups in total. The van der Waals surface area contributed by atoms with Crippen LogP contribution in [0, 0.1) is 0 Å². The van der Waals surface area contributed by atoms with E-state index in [4.69, 9.17) is 9.47 Å². The summed E-state index contributed by atoms with van der Waals surface area (Å²) in [5.41, 5.74) is 3.28. The van der Waals surface area contributed by atoms with Crippen molar-refractivity contribution in [3.63, 3.8) is 0 Å². The first kappa shape index (κ1) is 19.8. The Labute approximate surface area is 155 Å². The van der Waals surface area contributed by atoms with E-state index in [0.29, 0.717) is 5.69 Å². The summed E-state index contributed by atoms with van der Waals surface area (Å²) in [4.78, 5) is 11.8. The molecule has 0 aliphatic carbocycles. The highest BCUT2D eigenvalue weighted by Crippen LogP contribution is 2.22. The van der Waals surface area contributed by atoms with Crippen LogP contribution in [0.5, 0.6) is 5.75 Å². The van der Waals surface area contributed by atoms with Crippen LogP contribution in [0.1, 0.15) is 37.5 Å². The van der Waals surface area contributed by atoms with E-state index in [1.54, 1.807) is 7.11 Å². The van der Waals surface area contributed by atoms with Crippen LogP contribution >= 0.6 is 0 Å². The van der Waals surface area contributed by atoms with E-state index in [-0.39, 0.29) is 6.61 Å². The van der Waals surface area contributed by atoms with Gasteiger partial charge >= 0.3 is 6.09 Å². The number of hydrogen-bond acceptors (Lipinski definition) is 4. The number of nitrogens with one attached hydrogen (secondary N) is 1. The summed E-state index contributed by atoms with van der Waals surface area (Å²) < 4.78 is 10.6. The number of rotatable bonds is 6. The molecule has 0 bridgehead atoms. The van der Waals surface area contributed by atoms with Crippen LogP contribution in [-0.4, -0.2) is 23.9 Å². The van der Waals surface area contributed by atoms with Gasteiger partial charge in [0.1, 0.15) is 11.4 Å². The number of methoxy groups -OCH3 is 1. The first-order valence-electron chi connectivity index (χ1n) is 8.66. The quantitative estimate of drug-likeness (QED) is 0.808. The van der Waals surface area contributed by atoms with Gasteiger partial charge in [0.25, 0.3) is 0 Å². The van der Waals surface area contributed by atoms with Crippen molar-refractivity contribution in [3.8, 4) is 5.75 Å². The predicted molar refractivity (Wildman–Crippen MR) is 103 cm³/mol. The van der Waals surface area contributed by atoms with Crippen molar-refractivity contribution >= 4 is 11.8 Å². The Morgan fingerprint density at radius 3 is 2.27 bits per heavy atom. The van der Waals surface area contributed by atoms with E-state index in [2.05, 4.69) is 5.32 Å². The zero-order chi connectivity index (χ0) is 19.2. The van der Waals surface area contributed by atoms with Crippen LogP contribution < -0.4 is 10.1 Å². The molecule has 0 unspecified atom stereocenters. The Bertz CT molecular complexity index is 733. The van der Waals surface area contributed by atoms with E-state index in [9.17, 15) is 9.90 Å². The van der Waals surface area contributed by atoms with Gasteiger partial charge in [0.05, 0.1) is 13.7 Å². The summed E-state index contributed by atoms with van der Waals surface area (Å²) in [6.45, 7) is 5.49. The summed E-state index contributed by atoms with van der Waals surface area (Å²) in [6, 6.07) is 13.5. The van der Waals surface area contributed by atoms with Gasteiger partial charge in [-0.1, -0.05) is 24.3 Å². The molecular formula is C21H27NO4. The monoisotopic (exact) mass is 357 g/mol. The lowest BCUT2D eigenvalue weighted by Gasteiger charge is -2.19. The maximum Gasteiger partial charge on any atom is 0.412 e. The number of hydrogen-bond donors (Lipinski definition) is 2. The summed E-state index contributed by atoms with van der Waals surface area (Å²) in [5.74, 6) is 0.791. The third kappa shape index (κ3) is 6.08. The molecule has 0 heterocycles. The molecule has 0 spiro atoms. The van der Waals surface area contributed by atoms with E-state index >= 15 is 0 Å². The number of benzene rings is 2. The summed E-state index contributed by atoms with van der Waals surface area (Å²) in [6.07, 6.45) is 1.22. The molecule has 0 aliphatic heterocycles. The Morgan fingerprint density at radius 2 is 1.69 bits per heavy atom. The van der Waals surface area contributed by atoms with Crippen LogP contribution in [0.3, 0.4) is 0 Å². The van der Waals surface area contributed by atoms with Crippen molar-refractivity contribution in [1.82, 2.24) is 0 Å². The predicted octanol–water partition coefficient (Wildman–Crippen LogP) is 4.32. The van der Waals surface area contributed by atoms with Crippen LogP contribution in [0.15, 0.2) is 42.5 Å². The third-order valence-corrected chi connectivity index (χ3v) is 3.82. The van der Waals surface area contributed by atoms with Crippen LogP contribution in [-0.2, 0) is 24.2 Å². The molecule has 0 fully saturated rings. The Hall–Kier alpha value is -2.53. The largest absolute Gasteiger partial charge is 0.496 e. The number of carbonyl (C=O) groups is 1. The molecule has 5 heteroatoms. The second kappa shape index (κ2) is 8.72. The fourth-order valence-electron chi connectivity index (χ4n) is 2.55. The highest BCUT2D eigenvalue weighted by atomic mass is 16.6. The second-order valence-electron chi connectivity index (χ2n) is 7.13. The Kier molecular flexibility index (Phi) is 6.64.